The van der Waals surface area contributed by atoms with Crippen molar-refractivity contribution < 1.29 is 17.5 Å². The molecule has 144 valence electrons. The highest BCUT2D eigenvalue weighted by molar-refractivity contribution is 7.90. The first-order chi connectivity index (χ1) is 14.0. The van der Waals surface area contributed by atoms with E-state index >= 15 is 0 Å². The predicted molar refractivity (Wildman–Crippen MR) is 105 cm³/mol. The van der Waals surface area contributed by atoms with E-state index in [1.54, 1.807) is 24.3 Å². The molecule has 2 aromatic heterocycles. The van der Waals surface area contributed by atoms with E-state index in [1.807, 2.05) is 6.07 Å². The second-order valence-electron chi connectivity index (χ2n) is 6.17. The maximum atomic E-state index is 14.0. The number of benzene rings is 2. The second kappa shape index (κ2) is 7.04. The molecule has 2 aromatic carbocycles. The van der Waals surface area contributed by atoms with Gasteiger partial charge in [0.15, 0.2) is 5.65 Å². The van der Waals surface area contributed by atoms with Crippen LogP contribution in [-0.4, -0.2) is 24.5 Å². The summed E-state index contributed by atoms with van der Waals surface area (Å²) >= 11 is 0. The first kappa shape index (κ1) is 18.7. The zero-order chi connectivity index (χ0) is 20.6. The van der Waals surface area contributed by atoms with Crippen LogP contribution in [0.3, 0.4) is 0 Å². The molecule has 4 rings (SSSR count). The summed E-state index contributed by atoms with van der Waals surface area (Å²) in [4.78, 5) is 4.30. The van der Waals surface area contributed by atoms with Crippen molar-refractivity contribution in [3.8, 4) is 22.9 Å². The molecule has 0 fully saturated rings. The van der Waals surface area contributed by atoms with Crippen molar-refractivity contribution in [3.05, 3.63) is 78.4 Å². The Balaban J connectivity index is 2.04. The van der Waals surface area contributed by atoms with Gasteiger partial charge in [-0.3, -0.25) is 0 Å². The smallest absolute Gasteiger partial charge is 0.269 e. The summed E-state index contributed by atoms with van der Waals surface area (Å²) < 4.78 is 46.5. The van der Waals surface area contributed by atoms with Crippen LogP contribution < -0.4 is 4.74 Å². The molecule has 4 aromatic rings. The highest BCUT2D eigenvalue weighted by Gasteiger charge is 2.23. The first-order valence-electron chi connectivity index (χ1n) is 8.52. The number of nitriles is 1. The van der Waals surface area contributed by atoms with Crippen molar-refractivity contribution in [1.82, 2.24) is 8.96 Å². The van der Waals surface area contributed by atoms with Crippen LogP contribution in [0.5, 0.6) is 5.75 Å². The number of hydrogen-bond donors (Lipinski definition) is 0. The molecule has 8 heteroatoms. The Kier molecular flexibility index (Phi) is 4.53. The van der Waals surface area contributed by atoms with Gasteiger partial charge >= 0.3 is 0 Å². The Bertz CT molecular complexity index is 1370. The van der Waals surface area contributed by atoms with Gasteiger partial charge in [0.25, 0.3) is 10.0 Å². The quantitative estimate of drug-likeness (QED) is 0.511. The molecule has 0 amide bonds. The summed E-state index contributed by atoms with van der Waals surface area (Å²) in [6.07, 6.45) is 2.65. The predicted octanol–water partition coefficient (Wildman–Crippen LogP) is 3.96. The third-order valence-electron chi connectivity index (χ3n) is 4.53. The maximum Gasteiger partial charge on any atom is 0.269 e. The lowest BCUT2D eigenvalue weighted by Crippen LogP contribution is -2.12. The third kappa shape index (κ3) is 3.02. The van der Waals surface area contributed by atoms with Gasteiger partial charge in [-0.05, 0) is 36.4 Å². The minimum Gasteiger partial charge on any atom is -0.496 e. The van der Waals surface area contributed by atoms with E-state index in [2.05, 4.69) is 4.98 Å². The molecule has 0 aliphatic heterocycles. The summed E-state index contributed by atoms with van der Waals surface area (Å²) in [5, 5.41) is 9.96. The van der Waals surface area contributed by atoms with E-state index in [0.717, 1.165) is 3.97 Å². The van der Waals surface area contributed by atoms with Crippen molar-refractivity contribution in [2.24, 2.45) is 0 Å². The van der Waals surface area contributed by atoms with E-state index < -0.39 is 15.8 Å². The molecule has 0 saturated heterocycles. The molecular weight excluding hydrogens is 393 g/mol. The molecule has 0 radical (unpaired) electrons. The molecule has 0 aliphatic carbocycles. The van der Waals surface area contributed by atoms with Gasteiger partial charge < -0.3 is 4.74 Å². The van der Waals surface area contributed by atoms with Gasteiger partial charge in [0.1, 0.15) is 17.6 Å². The molecular formula is C21H14FN3O3S. The van der Waals surface area contributed by atoms with Crippen LogP contribution in [0.2, 0.25) is 0 Å². The van der Waals surface area contributed by atoms with E-state index in [-0.39, 0.29) is 16.1 Å². The largest absolute Gasteiger partial charge is 0.496 e. The van der Waals surface area contributed by atoms with E-state index in [4.69, 9.17) is 4.74 Å². The van der Waals surface area contributed by atoms with Gasteiger partial charge in [-0.15, -0.1) is 0 Å². The van der Waals surface area contributed by atoms with Crippen LogP contribution in [0.25, 0.3) is 22.2 Å². The number of fused-ring (bicyclic) bond motifs is 1. The number of halogens is 1. The lowest BCUT2D eigenvalue weighted by Gasteiger charge is -2.12. The van der Waals surface area contributed by atoms with Crippen LogP contribution in [-0.2, 0) is 10.0 Å². The van der Waals surface area contributed by atoms with Crippen molar-refractivity contribution in [2.45, 2.75) is 4.90 Å². The minimum atomic E-state index is -3.90. The Morgan fingerprint density at radius 2 is 1.90 bits per heavy atom. The fourth-order valence-electron chi connectivity index (χ4n) is 3.21. The summed E-state index contributed by atoms with van der Waals surface area (Å²) in [6, 6.07) is 15.5. The molecule has 0 bridgehead atoms. The number of rotatable bonds is 4. The number of ether oxygens (including phenoxy) is 1. The fraction of sp³-hybridized carbons (Fsp3) is 0.0476. The summed E-state index contributed by atoms with van der Waals surface area (Å²) in [5.41, 5.74) is 1.01. The normalized spacial score (nSPS) is 11.3. The molecule has 0 atom stereocenters. The highest BCUT2D eigenvalue weighted by Crippen LogP contribution is 2.38. The van der Waals surface area contributed by atoms with Crippen LogP contribution >= 0.6 is 0 Å². The zero-order valence-electron chi connectivity index (χ0n) is 15.2. The topological polar surface area (TPSA) is 85.0 Å². The van der Waals surface area contributed by atoms with Crippen molar-refractivity contribution in [2.75, 3.05) is 7.11 Å². The Morgan fingerprint density at radius 3 is 2.59 bits per heavy atom. The van der Waals surface area contributed by atoms with E-state index in [9.17, 15) is 18.1 Å². The average molecular weight is 407 g/mol. The zero-order valence-corrected chi connectivity index (χ0v) is 16.0. The van der Waals surface area contributed by atoms with Gasteiger partial charge in [-0.2, -0.15) is 5.26 Å². The highest BCUT2D eigenvalue weighted by atomic mass is 32.2. The van der Waals surface area contributed by atoms with Gasteiger partial charge in [-0.1, -0.05) is 18.2 Å². The number of pyridine rings is 1. The van der Waals surface area contributed by atoms with E-state index in [0.29, 0.717) is 22.3 Å². The monoisotopic (exact) mass is 407 g/mol. The summed E-state index contributed by atoms with van der Waals surface area (Å²) in [7, 11) is -2.46. The van der Waals surface area contributed by atoms with Crippen LogP contribution in [0.4, 0.5) is 4.39 Å². The Morgan fingerprint density at radius 1 is 1.14 bits per heavy atom. The lowest BCUT2D eigenvalue weighted by atomic mass is 9.98. The van der Waals surface area contributed by atoms with Crippen molar-refractivity contribution in [3.63, 3.8) is 0 Å². The van der Waals surface area contributed by atoms with Crippen molar-refractivity contribution >= 4 is 21.1 Å². The van der Waals surface area contributed by atoms with Gasteiger partial charge in [0.05, 0.1) is 17.6 Å². The summed E-state index contributed by atoms with van der Waals surface area (Å²) in [6.45, 7) is 0. The standard InChI is InChI=1S/C21H14FN3O3S/c1-28-19-8-7-15(22)11-18(19)20-14(12-23)13-24-21-17(20)9-10-25(21)29(26,27)16-5-3-2-4-6-16/h2-11,13H,1H3. The second-order valence-corrected chi connectivity index (χ2v) is 7.99. The van der Waals surface area contributed by atoms with Gasteiger partial charge in [0, 0.05) is 28.9 Å². The van der Waals surface area contributed by atoms with Crippen LogP contribution in [0.1, 0.15) is 5.56 Å². The molecule has 0 saturated carbocycles. The number of nitrogens with zero attached hydrogens (tertiary/aromatic N) is 3. The third-order valence-corrected chi connectivity index (χ3v) is 6.21. The van der Waals surface area contributed by atoms with E-state index in [1.165, 1.54) is 49.8 Å². The molecule has 0 N–H and O–H groups in total. The fourth-order valence-corrected chi connectivity index (χ4v) is 4.54. The molecule has 0 aliphatic rings. The Hall–Kier alpha value is -3.70. The van der Waals surface area contributed by atoms with Crippen LogP contribution in [0.15, 0.2) is 71.9 Å². The average Bonchev–Trinajstić information content (AvgIpc) is 3.18. The lowest BCUT2D eigenvalue weighted by molar-refractivity contribution is 0.415. The molecule has 0 unspecified atom stereocenters. The summed E-state index contributed by atoms with van der Waals surface area (Å²) in [5.74, 6) is -0.153. The van der Waals surface area contributed by atoms with Crippen LogP contribution in [0, 0.1) is 17.1 Å². The van der Waals surface area contributed by atoms with Crippen molar-refractivity contribution in [1.29, 1.82) is 5.26 Å². The number of hydrogen-bond acceptors (Lipinski definition) is 5. The first-order valence-corrected chi connectivity index (χ1v) is 9.96. The maximum absolute atomic E-state index is 14.0. The minimum absolute atomic E-state index is 0.105. The van der Waals surface area contributed by atoms with Gasteiger partial charge in [-0.25, -0.2) is 21.8 Å². The molecule has 6 nitrogen and oxygen atoms in total. The number of methoxy groups -OCH3 is 1. The molecule has 2 heterocycles. The van der Waals surface area contributed by atoms with Gasteiger partial charge in [0.2, 0.25) is 0 Å². The SMILES string of the molecule is COc1ccc(F)cc1-c1c(C#N)cnc2c1ccn2S(=O)(=O)c1ccccc1. The molecule has 29 heavy (non-hydrogen) atoms. The molecule has 0 spiro atoms. The number of aromatic nitrogens is 2. The Labute approximate surface area is 166 Å².